The van der Waals surface area contributed by atoms with Crippen molar-refractivity contribution in [2.75, 3.05) is 18.9 Å². The van der Waals surface area contributed by atoms with E-state index in [1.165, 1.54) is 6.42 Å². The molecule has 3 nitrogen and oxygen atoms in total. The average Bonchev–Trinajstić information content (AvgIpc) is 2.33. The summed E-state index contributed by atoms with van der Waals surface area (Å²) in [6.07, 6.45) is 3.50. The molecule has 17 heavy (non-hydrogen) atoms. The summed E-state index contributed by atoms with van der Waals surface area (Å²) in [6, 6.07) is 3.24. The van der Waals surface area contributed by atoms with Crippen LogP contribution in [0.25, 0.3) is 0 Å². The van der Waals surface area contributed by atoms with Gasteiger partial charge in [-0.2, -0.15) is 0 Å². The summed E-state index contributed by atoms with van der Waals surface area (Å²) < 4.78 is 11.2. The van der Waals surface area contributed by atoms with Crippen LogP contribution in [0.1, 0.15) is 19.3 Å². The third-order valence-corrected chi connectivity index (χ3v) is 3.47. The fourth-order valence-electron chi connectivity index (χ4n) is 1.79. The van der Waals surface area contributed by atoms with Crippen LogP contribution in [0.3, 0.4) is 0 Å². The molecule has 0 saturated carbocycles. The van der Waals surface area contributed by atoms with Crippen LogP contribution in [-0.2, 0) is 4.74 Å². The molecule has 1 heterocycles. The molecule has 1 aliphatic heterocycles. The van der Waals surface area contributed by atoms with Crippen molar-refractivity contribution in [3.63, 3.8) is 0 Å². The van der Waals surface area contributed by atoms with Gasteiger partial charge in [-0.1, -0.05) is 23.2 Å². The highest BCUT2D eigenvalue weighted by molar-refractivity contribution is 6.42. The SMILES string of the molecule is Nc1cc(Cl)c(Cl)cc1OCC1CCCCO1. The Bertz CT molecular complexity index is 392. The second-order valence-corrected chi connectivity index (χ2v) is 4.92. The van der Waals surface area contributed by atoms with Crippen LogP contribution in [0.2, 0.25) is 10.0 Å². The zero-order valence-corrected chi connectivity index (χ0v) is 10.9. The van der Waals surface area contributed by atoms with Gasteiger partial charge in [-0.3, -0.25) is 0 Å². The van der Waals surface area contributed by atoms with Crippen molar-refractivity contribution in [2.45, 2.75) is 25.4 Å². The zero-order valence-electron chi connectivity index (χ0n) is 9.42. The molecule has 0 aliphatic carbocycles. The monoisotopic (exact) mass is 275 g/mol. The predicted octanol–water partition coefficient (Wildman–Crippen LogP) is 3.52. The Balaban J connectivity index is 1.96. The minimum atomic E-state index is 0.151. The number of halogens is 2. The number of nitrogen functional groups attached to an aromatic ring is 1. The summed E-state index contributed by atoms with van der Waals surface area (Å²) in [5, 5.41) is 0.880. The summed E-state index contributed by atoms with van der Waals surface area (Å²) in [6.45, 7) is 1.31. The van der Waals surface area contributed by atoms with Crippen molar-refractivity contribution in [3.05, 3.63) is 22.2 Å². The van der Waals surface area contributed by atoms with Gasteiger partial charge in [0.05, 0.1) is 21.8 Å². The lowest BCUT2D eigenvalue weighted by Gasteiger charge is -2.23. The Kier molecular flexibility index (Phi) is 4.37. The van der Waals surface area contributed by atoms with Crippen molar-refractivity contribution in [2.24, 2.45) is 0 Å². The molecule has 1 unspecified atom stereocenters. The maximum Gasteiger partial charge on any atom is 0.143 e. The average molecular weight is 276 g/mol. The first kappa shape index (κ1) is 12.8. The maximum atomic E-state index is 5.91. The van der Waals surface area contributed by atoms with Gasteiger partial charge in [0.1, 0.15) is 12.4 Å². The van der Waals surface area contributed by atoms with Gasteiger partial charge < -0.3 is 15.2 Å². The Hall–Kier alpha value is -0.640. The van der Waals surface area contributed by atoms with Crippen LogP contribution in [0.15, 0.2) is 12.1 Å². The van der Waals surface area contributed by atoms with Gasteiger partial charge in [-0.05, 0) is 25.3 Å². The van der Waals surface area contributed by atoms with E-state index in [4.69, 9.17) is 38.4 Å². The van der Waals surface area contributed by atoms with Crippen LogP contribution < -0.4 is 10.5 Å². The van der Waals surface area contributed by atoms with E-state index >= 15 is 0 Å². The molecule has 1 atom stereocenters. The fraction of sp³-hybridized carbons (Fsp3) is 0.500. The minimum Gasteiger partial charge on any atom is -0.489 e. The predicted molar refractivity (Wildman–Crippen MR) is 70.0 cm³/mol. The van der Waals surface area contributed by atoms with Gasteiger partial charge in [0.25, 0.3) is 0 Å². The molecule has 0 radical (unpaired) electrons. The molecule has 2 N–H and O–H groups in total. The van der Waals surface area contributed by atoms with E-state index in [1.807, 2.05) is 0 Å². The van der Waals surface area contributed by atoms with E-state index in [1.54, 1.807) is 12.1 Å². The van der Waals surface area contributed by atoms with Crippen molar-refractivity contribution in [3.8, 4) is 5.75 Å². The molecule has 1 aromatic rings. The molecule has 1 aromatic carbocycles. The molecule has 1 aliphatic rings. The number of rotatable bonds is 3. The Labute approximate surface area is 111 Å². The highest BCUT2D eigenvalue weighted by Gasteiger charge is 2.15. The highest BCUT2D eigenvalue weighted by Crippen LogP contribution is 2.32. The molecule has 0 bridgehead atoms. The van der Waals surface area contributed by atoms with Crippen molar-refractivity contribution < 1.29 is 9.47 Å². The maximum absolute atomic E-state index is 5.91. The third kappa shape index (κ3) is 3.41. The molecular formula is C12H15Cl2NO2. The molecule has 0 amide bonds. The van der Waals surface area contributed by atoms with E-state index in [-0.39, 0.29) is 6.10 Å². The van der Waals surface area contributed by atoms with Gasteiger partial charge in [-0.15, -0.1) is 0 Å². The molecule has 1 fully saturated rings. The normalized spacial score (nSPS) is 20.2. The minimum absolute atomic E-state index is 0.151. The first-order valence-electron chi connectivity index (χ1n) is 5.66. The third-order valence-electron chi connectivity index (χ3n) is 2.75. The van der Waals surface area contributed by atoms with E-state index in [0.29, 0.717) is 28.1 Å². The van der Waals surface area contributed by atoms with Crippen LogP contribution >= 0.6 is 23.2 Å². The van der Waals surface area contributed by atoms with Gasteiger partial charge in [0.2, 0.25) is 0 Å². The van der Waals surface area contributed by atoms with Crippen LogP contribution in [0.5, 0.6) is 5.75 Å². The van der Waals surface area contributed by atoms with Crippen LogP contribution in [-0.4, -0.2) is 19.3 Å². The largest absolute Gasteiger partial charge is 0.489 e. The molecule has 5 heteroatoms. The lowest BCUT2D eigenvalue weighted by Crippen LogP contribution is -2.25. The van der Waals surface area contributed by atoms with E-state index in [2.05, 4.69) is 0 Å². The summed E-state index contributed by atoms with van der Waals surface area (Å²) in [4.78, 5) is 0. The quantitative estimate of drug-likeness (QED) is 0.859. The summed E-state index contributed by atoms with van der Waals surface area (Å²) >= 11 is 11.8. The smallest absolute Gasteiger partial charge is 0.143 e. The van der Waals surface area contributed by atoms with Gasteiger partial charge in [-0.25, -0.2) is 0 Å². The van der Waals surface area contributed by atoms with E-state index in [9.17, 15) is 0 Å². The number of ether oxygens (including phenoxy) is 2. The molecule has 2 rings (SSSR count). The van der Waals surface area contributed by atoms with Gasteiger partial charge >= 0.3 is 0 Å². The van der Waals surface area contributed by atoms with Gasteiger partial charge in [0.15, 0.2) is 0 Å². The molecule has 94 valence electrons. The van der Waals surface area contributed by atoms with Crippen LogP contribution in [0, 0.1) is 0 Å². The molecule has 0 aromatic heterocycles. The topological polar surface area (TPSA) is 44.5 Å². The zero-order chi connectivity index (χ0) is 12.3. The van der Waals surface area contributed by atoms with E-state index < -0.39 is 0 Å². The lowest BCUT2D eigenvalue weighted by molar-refractivity contribution is -0.0109. The number of hydrogen-bond acceptors (Lipinski definition) is 3. The van der Waals surface area contributed by atoms with Crippen molar-refractivity contribution in [1.82, 2.24) is 0 Å². The Morgan fingerprint density at radius 1 is 1.29 bits per heavy atom. The second-order valence-electron chi connectivity index (χ2n) is 4.10. The Morgan fingerprint density at radius 3 is 2.76 bits per heavy atom. The summed E-state index contributed by atoms with van der Waals surface area (Å²) in [5.74, 6) is 0.563. The van der Waals surface area contributed by atoms with Gasteiger partial charge in [0, 0.05) is 12.7 Å². The lowest BCUT2D eigenvalue weighted by atomic mass is 10.1. The standard InChI is InChI=1S/C12H15Cl2NO2/c13-9-5-11(15)12(6-10(9)14)17-7-8-3-1-2-4-16-8/h5-6,8H,1-4,7,15H2. The van der Waals surface area contributed by atoms with Crippen molar-refractivity contribution >= 4 is 28.9 Å². The number of hydrogen-bond donors (Lipinski definition) is 1. The Morgan fingerprint density at radius 2 is 2.06 bits per heavy atom. The first-order chi connectivity index (χ1) is 8.16. The first-order valence-corrected chi connectivity index (χ1v) is 6.41. The highest BCUT2D eigenvalue weighted by atomic mass is 35.5. The summed E-state index contributed by atoms with van der Waals surface area (Å²) in [7, 11) is 0. The van der Waals surface area contributed by atoms with Crippen LogP contribution in [0.4, 0.5) is 5.69 Å². The second kappa shape index (κ2) is 5.80. The number of nitrogens with two attached hydrogens (primary N) is 1. The molecule has 0 spiro atoms. The fourth-order valence-corrected chi connectivity index (χ4v) is 2.12. The molecule has 1 saturated heterocycles. The van der Waals surface area contributed by atoms with Crippen molar-refractivity contribution in [1.29, 1.82) is 0 Å². The number of benzene rings is 1. The number of anilines is 1. The van der Waals surface area contributed by atoms with E-state index in [0.717, 1.165) is 19.4 Å². The summed E-state index contributed by atoms with van der Waals surface area (Å²) in [5.41, 5.74) is 6.29. The molecular weight excluding hydrogens is 261 g/mol.